The van der Waals surface area contributed by atoms with Gasteiger partial charge < -0.3 is 10.0 Å². The average Bonchev–Trinajstić information content (AvgIpc) is 2.45. The minimum Gasteiger partial charge on any atom is -0.513 e. The first kappa shape index (κ1) is 17.3. The summed E-state index contributed by atoms with van der Waals surface area (Å²) in [5, 5.41) is 8.97. The number of rotatable bonds is 9. The van der Waals surface area contributed by atoms with Gasteiger partial charge in [-0.05, 0) is 31.4 Å². The molecule has 1 amide bonds. The number of aliphatic hydroxyl groups excluding tert-OH is 1. The van der Waals surface area contributed by atoms with Crippen LogP contribution in [0.1, 0.15) is 50.5 Å². The molecular weight excluding hydrogens is 262 g/mol. The van der Waals surface area contributed by atoms with E-state index in [0.29, 0.717) is 12.8 Å². The molecule has 0 aromatic heterocycles. The Kier molecular flexibility index (Phi) is 7.59. The van der Waals surface area contributed by atoms with E-state index in [4.69, 9.17) is 5.11 Å². The number of aliphatic hydroxyl groups is 1. The first-order chi connectivity index (χ1) is 10.0. The molecule has 1 aromatic rings. The number of carbonyl (C=O) groups excluding carboxylic acids is 1. The third-order valence-corrected chi connectivity index (χ3v) is 3.71. The number of nitrogens with zero attached hydrogens (tertiary/aromatic N) is 1. The molecule has 1 aromatic carbocycles. The monoisotopic (exact) mass is 289 g/mol. The number of hydrogen-bond donors (Lipinski definition) is 1. The SMILES string of the molecule is C=C(O)CCCCCCCC(=O)N(C)c1ccccc1C. The van der Waals surface area contributed by atoms with Crippen LogP contribution in [0.3, 0.4) is 0 Å². The molecule has 0 aliphatic rings. The van der Waals surface area contributed by atoms with Crippen LogP contribution >= 0.6 is 0 Å². The van der Waals surface area contributed by atoms with Crippen molar-refractivity contribution in [1.29, 1.82) is 0 Å². The van der Waals surface area contributed by atoms with Crippen LogP contribution in [0, 0.1) is 6.92 Å². The van der Waals surface area contributed by atoms with Crippen LogP contribution in [0.5, 0.6) is 0 Å². The Morgan fingerprint density at radius 1 is 1.10 bits per heavy atom. The highest BCUT2D eigenvalue weighted by Gasteiger charge is 2.11. The van der Waals surface area contributed by atoms with Crippen molar-refractivity contribution in [2.75, 3.05) is 11.9 Å². The van der Waals surface area contributed by atoms with Crippen LogP contribution in [0.4, 0.5) is 5.69 Å². The van der Waals surface area contributed by atoms with Gasteiger partial charge in [-0.2, -0.15) is 0 Å². The average molecular weight is 289 g/mol. The molecule has 0 fully saturated rings. The van der Waals surface area contributed by atoms with Crippen LogP contribution < -0.4 is 4.90 Å². The van der Waals surface area contributed by atoms with Gasteiger partial charge in [-0.1, -0.05) is 44.0 Å². The normalized spacial score (nSPS) is 10.4. The molecule has 0 atom stereocenters. The molecule has 3 heteroatoms. The molecule has 0 saturated carbocycles. The van der Waals surface area contributed by atoms with Crippen molar-refractivity contribution in [3.8, 4) is 0 Å². The first-order valence-electron chi connectivity index (χ1n) is 7.71. The summed E-state index contributed by atoms with van der Waals surface area (Å²) >= 11 is 0. The maximum Gasteiger partial charge on any atom is 0.226 e. The van der Waals surface area contributed by atoms with E-state index in [0.717, 1.165) is 43.4 Å². The number of unbranched alkanes of at least 4 members (excludes halogenated alkanes) is 4. The maximum absolute atomic E-state index is 12.2. The molecule has 0 heterocycles. The zero-order valence-corrected chi connectivity index (χ0v) is 13.3. The Bertz CT molecular complexity index is 468. The van der Waals surface area contributed by atoms with Crippen LogP contribution in [0.25, 0.3) is 0 Å². The van der Waals surface area contributed by atoms with E-state index < -0.39 is 0 Å². The third-order valence-electron chi connectivity index (χ3n) is 3.71. The fourth-order valence-electron chi connectivity index (χ4n) is 2.38. The summed E-state index contributed by atoms with van der Waals surface area (Å²) in [6.07, 6.45) is 6.44. The van der Waals surface area contributed by atoms with Crippen molar-refractivity contribution in [3.05, 3.63) is 42.2 Å². The number of allylic oxidation sites excluding steroid dienone is 1. The predicted octanol–water partition coefficient (Wildman–Crippen LogP) is 4.76. The lowest BCUT2D eigenvalue weighted by Gasteiger charge is -2.19. The maximum atomic E-state index is 12.2. The highest BCUT2D eigenvalue weighted by Crippen LogP contribution is 2.19. The summed E-state index contributed by atoms with van der Waals surface area (Å²) in [6, 6.07) is 7.95. The second-order valence-electron chi connectivity index (χ2n) is 5.57. The van der Waals surface area contributed by atoms with Crippen LogP contribution in [-0.4, -0.2) is 18.1 Å². The molecule has 0 bridgehead atoms. The Balaban J connectivity index is 2.22. The molecule has 1 rings (SSSR count). The summed E-state index contributed by atoms with van der Waals surface area (Å²) in [4.78, 5) is 13.9. The highest BCUT2D eigenvalue weighted by atomic mass is 16.3. The third kappa shape index (κ3) is 6.48. The van der Waals surface area contributed by atoms with Gasteiger partial charge in [0.2, 0.25) is 5.91 Å². The molecule has 116 valence electrons. The van der Waals surface area contributed by atoms with Crippen LogP contribution in [-0.2, 0) is 4.79 Å². The predicted molar refractivity (Wildman–Crippen MR) is 88.7 cm³/mol. The number of hydrogen-bond acceptors (Lipinski definition) is 2. The van der Waals surface area contributed by atoms with E-state index in [-0.39, 0.29) is 11.7 Å². The van der Waals surface area contributed by atoms with Gasteiger partial charge in [0.05, 0.1) is 5.76 Å². The van der Waals surface area contributed by atoms with E-state index in [1.165, 1.54) is 0 Å². The zero-order chi connectivity index (χ0) is 15.7. The largest absolute Gasteiger partial charge is 0.513 e. The van der Waals surface area contributed by atoms with Crippen molar-refractivity contribution in [3.63, 3.8) is 0 Å². The molecule has 0 aliphatic heterocycles. The minimum atomic E-state index is 0.174. The summed E-state index contributed by atoms with van der Waals surface area (Å²) in [7, 11) is 1.84. The number of benzene rings is 1. The van der Waals surface area contributed by atoms with Gasteiger partial charge in [0.25, 0.3) is 0 Å². The van der Waals surface area contributed by atoms with Crippen molar-refractivity contribution in [1.82, 2.24) is 0 Å². The Morgan fingerprint density at radius 3 is 2.29 bits per heavy atom. The first-order valence-corrected chi connectivity index (χ1v) is 7.71. The van der Waals surface area contributed by atoms with E-state index in [9.17, 15) is 4.79 Å². The van der Waals surface area contributed by atoms with E-state index >= 15 is 0 Å². The molecule has 1 N–H and O–H groups in total. The Labute approximate surface area is 128 Å². The van der Waals surface area contributed by atoms with Crippen molar-refractivity contribution in [2.24, 2.45) is 0 Å². The van der Waals surface area contributed by atoms with Gasteiger partial charge in [-0.15, -0.1) is 0 Å². The molecule has 21 heavy (non-hydrogen) atoms. The second-order valence-corrected chi connectivity index (χ2v) is 5.57. The summed E-state index contributed by atoms with van der Waals surface area (Å²) in [5.41, 5.74) is 2.11. The molecule has 0 unspecified atom stereocenters. The number of anilines is 1. The number of aryl methyl sites for hydroxylation is 1. The molecule has 3 nitrogen and oxygen atoms in total. The number of carbonyl (C=O) groups is 1. The lowest BCUT2D eigenvalue weighted by molar-refractivity contribution is -0.118. The van der Waals surface area contributed by atoms with Crippen molar-refractivity contribution < 1.29 is 9.90 Å². The zero-order valence-electron chi connectivity index (χ0n) is 13.3. The van der Waals surface area contributed by atoms with Crippen LogP contribution in [0.15, 0.2) is 36.6 Å². The Morgan fingerprint density at radius 2 is 1.67 bits per heavy atom. The molecule has 0 saturated heterocycles. The number of para-hydroxylation sites is 1. The van der Waals surface area contributed by atoms with Gasteiger partial charge in [-0.25, -0.2) is 0 Å². The van der Waals surface area contributed by atoms with E-state index in [1.807, 2.05) is 38.2 Å². The fourth-order valence-corrected chi connectivity index (χ4v) is 2.38. The Hall–Kier alpha value is -1.77. The van der Waals surface area contributed by atoms with Gasteiger partial charge in [0.15, 0.2) is 0 Å². The van der Waals surface area contributed by atoms with Crippen molar-refractivity contribution >= 4 is 11.6 Å². The fraction of sp³-hybridized carbons (Fsp3) is 0.500. The minimum absolute atomic E-state index is 0.174. The molecule has 0 aliphatic carbocycles. The van der Waals surface area contributed by atoms with E-state index in [2.05, 4.69) is 6.58 Å². The molecule has 0 radical (unpaired) electrons. The smallest absolute Gasteiger partial charge is 0.226 e. The lowest BCUT2D eigenvalue weighted by Crippen LogP contribution is -2.26. The topological polar surface area (TPSA) is 40.5 Å². The summed E-state index contributed by atoms with van der Waals surface area (Å²) in [5.74, 6) is 0.443. The molecule has 0 spiro atoms. The number of amides is 1. The van der Waals surface area contributed by atoms with Gasteiger partial charge in [-0.3, -0.25) is 4.79 Å². The highest BCUT2D eigenvalue weighted by molar-refractivity contribution is 5.93. The summed E-state index contributed by atoms with van der Waals surface area (Å²) in [6.45, 7) is 5.49. The van der Waals surface area contributed by atoms with Gasteiger partial charge in [0.1, 0.15) is 0 Å². The lowest BCUT2D eigenvalue weighted by atomic mass is 10.1. The van der Waals surface area contributed by atoms with Gasteiger partial charge >= 0.3 is 0 Å². The van der Waals surface area contributed by atoms with Crippen LogP contribution in [0.2, 0.25) is 0 Å². The van der Waals surface area contributed by atoms with E-state index in [1.54, 1.807) is 4.90 Å². The summed E-state index contributed by atoms with van der Waals surface area (Å²) < 4.78 is 0. The van der Waals surface area contributed by atoms with Crippen molar-refractivity contribution in [2.45, 2.75) is 51.9 Å². The molecular formula is C18H27NO2. The van der Waals surface area contributed by atoms with Gasteiger partial charge in [0, 0.05) is 25.6 Å². The quantitative estimate of drug-likeness (QED) is 0.526. The second kappa shape index (κ2) is 9.22. The standard InChI is InChI=1S/C18H27NO2/c1-15-11-9-10-13-17(15)19(3)18(21)14-8-6-4-5-7-12-16(2)20/h9-11,13,20H,2,4-8,12,14H2,1,3H3.